The lowest BCUT2D eigenvalue weighted by Crippen LogP contribution is -2.35. The molecule has 0 spiro atoms. The van der Waals surface area contributed by atoms with Gasteiger partial charge in [0, 0.05) is 7.05 Å². The van der Waals surface area contributed by atoms with E-state index < -0.39 is 17.9 Å². The maximum Gasteiger partial charge on any atom is 0.416 e. The van der Waals surface area contributed by atoms with Crippen LogP contribution in [0.25, 0.3) is 0 Å². The second kappa shape index (κ2) is 5.67. The fraction of sp³-hybridized carbons (Fsp3) is 0.533. The summed E-state index contributed by atoms with van der Waals surface area (Å²) in [5.74, 6) is 0.0579. The highest BCUT2D eigenvalue weighted by atomic mass is 19.4. The first-order valence-corrected chi connectivity index (χ1v) is 6.95. The van der Waals surface area contributed by atoms with Gasteiger partial charge in [0.2, 0.25) is 5.91 Å². The maximum absolute atomic E-state index is 12.8. The molecule has 116 valence electrons. The van der Waals surface area contributed by atoms with E-state index in [0.29, 0.717) is 5.56 Å². The molecule has 0 aromatic heterocycles. The van der Waals surface area contributed by atoms with Crippen molar-refractivity contribution in [3.63, 3.8) is 0 Å². The molecule has 0 radical (unpaired) electrons. The van der Waals surface area contributed by atoms with E-state index in [-0.39, 0.29) is 17.9 Å². The molecule has 1 N–H and O–H groups in total. The smallest absolute Gasteiger partial charge is 0.325 e. The van der Waals surface area contributed by atoms with Crippen LogP contribution >= 0.6 is 0 Å². The molecule has 3 unspecified atom stereocenters. The molecule has 3 nitrogen and oxygen atoms in total. The molecule has 1 fully saturated rings. The van der Waals surface area contributed by atoms with E-state index in [9.17, 15) is 18.0 Å². The standard InChI is InChI=1S/C15H19F3N2O/c1-4-9(2)12-14(21)20(3)13(19-12)10-6-5-7-11(8-10)15(16,17)18/h5-9,12-13,19H,4H2,1-3H3. The Bertz CT molecular complexity index is 530. The van der Waals surface area contributed by atoms with E-state index >= 15 is 0 Å². The van der Waals surface area contributed by atoms with Crippen LogP contribution in [0.4, 0.5) is 13.2 Å². The van der Waals surface area contributed by atoms with Crippen LogP contribution in [0.3, 0.4) is 0 Å². The lowest BCUT2D eigenvalue weighted by molar-refractivity contribution is -0.137. The molecular weight excluding hydrogens is 281 g/mol. The van der Waals surface area contributed by atoms with Gasteiger partial charge in [0.1, 0.15) is 6.17 Å². The Labute approximate surface area is 122 Å². The van der Waals surface area contributed by atoms with Gasteiger partial charge in [-0.25, -0.2) is 0 Å². The largest absolute Gasteiger partial charge is 0.416 e. The number of alkyl halides is 3. The second-order valence-corrected chi connectivity index (χ2v) is 5.50. The van der Waals surface area contributed by atoms with E-state index in [2.05, 4.69) is 5.32 Å². The van der Waals surface area contributed by atoms with Crippen LogP contribution in [0.1, 0.15) is 37.6 Å². The van der Waals surface area contributed by atoms with Crippen molar-refractivity contribution in [3.8, 4) is 0 Å². The highest BCUT2D eigenvalue weighted by Crippen LogP contribution is 2.33. The molecule has 21 heavy (non-hydrogen) atoms. The molecule has 1 aliphatic heterocycles. The Kier molecular flexibility index (Phi) is 4.27. The maximum atomic E-state index is 12.8. The van der Waals surface area contributed by atoms with Crippen LogP contribution in [-0.4, -0.2) is 23.9 Å². The average molecular weight is 300 g/mol. The van der Waals surface area contributed by atoms with Gasteiger partial charge in [-0.3, -0.25) is 10.1 Å². The van der Waals surface area contributed by atoms with E-state index in [0.717, 1.165) is 18.6 Å². The van der Waals surface area contributed by atoms with Crippen molar-refractivity contribution in [1.29, 1.82) is 0 Å². The normalized spacial score (nSPS) is 24.5. The molecule has 0 bridgehead atoms. The van der Waals surface area contributed by atoms with Crippen molar-refractivity contribution in [3.05, 3.63) is 35.4 Å². The summed E-state index contributed by atoms with van der Waals surface area (Å²) < 4.78 is 38.4. The molecule has 1 aliphatic rings. The Hall–Kier alpha value is -1.56. The third kappa shape index (κ3) is 3.05. The van der Waals surface area contributed by atoms with Crippen molar-refractivity contribution >= 4 is 5.91 Å². The fourth-order valence-corrected chi connectivity index (χ4v) is 2.55. The Morgan fingerprint density at radius 1 is 1.38 bits per heavy atom. The first kappa shape index (κ1) is 15.8. The summed E-state index contributed by atoms with van der Waals surface area (Å²) >= 11 is 0. The summed E-state index contributed by atoms with van der Waals surface area (Å²) in [6.07, 6.45) is -4.07. The highest BCUT2D eigenvalue weighted by Gasteiger charge is 2.40. The van der Waals surface area contributed by atoms with E-state index in [1.165, 1.54) is 11.0 Å². The zero-order valence-corrected chi connectivity index (χ0v) is 12.2. The number of hydrogen-bond acceptors (Lipinski definition) is 2. The van der Waals surface area contributed by atoms with Gasteiger partial charge in [0.15, 0.2) is 0 Å². The molecule has 2 rings (SSSR count). The molecular formula is C15H19F3N2O. The van der Waals surface area contributed by atoms with Crippen molar-refractivity contribution in [2.45, 2.75) is 38.7 Å². The van der Waals surface area contributed by atoms with Crippen LogP contribution in [0.2, 0.25) is 0 Å². The number of rotatable bonds is 3. The van der Waals surface area contributed by atoms with Crippen LogP contribution in [-0.2, 0) is 11.0 Å². The average Bonchev–Trinajstić information content (AvgIpc) is 2.74. The summed E-state index contributed by atoms with van der Waals surface area (Å²) in [5.41, 5.74) is -0.249. The van der Waals surface area contributed by atoms with Crippen molar-refractivity contribution in [1.82, 2.24) is 10.2 Å². The Morgan fingerprint density at radius 3 is 2.62 bits per heavy atom. The number of carbonyl (C=O) groups is 1. The summed E-state index contributed by atoms with van der Waals surface area (Å²) in [7, 11) is 1.61. The van der Waals surface area contributed by atoms with Crippen LogP contribution in [0, 0.1) is 5.92 Å². The molecule has 0 aliphatic carbocycles. The first-order valence-electron chi connectivity index (χ1n) is 6.95. The number of nitrogens with one attached hydrogen (secondary N) is 1. The molecule has 1 aromatic carbocycles. The van der Waals surface area contributed by atoms with Gasteiger partial charge >= 0.3 is 6.18 Å². The SMILES string of the molecule is CCC(C)C1NC(c2cccc(C(F)(F)F)c2)N(C)C1=O. The Balaban J connectivity index is 2.29. The van der Waals surface area contributed by atoms with Gasteiger partial charge < -0.3 is 4.90 Å². The van der Waals surface area contributed by atoms with Crippen LogP contribution in [0.15, 0.2) is 24.3 Å². The van der Waals surface area contributed by atoms with E-state index in [4.69, 9.17) is 0 Å². The van der Waals surface area contributed by atoms with Gasteiger partial charge in [-0.05, 0) is 23.6 Å². The van der Waals surface area contributed by atoms with Gasteiger partial charge in [-0.15, -0.1) is 0 Å². The number of halogens is 3. The van der Waals surface area contributed by atoms with Gasteiger partial charge in [0.05, 0.1) is 11.6 Å². The zero-order chi connectivity index (χ0) is 15.8. The minimum atomic E-state index is -4.38. The zero-order valence-electron chi connectivity index (χ0n) is 12.2. The monoisotopic (exact) mass is 300 g/mol. The number of hydrogen-bond donors (Lipinski definition) is 1. The molecule has 6 heteroatoms. The molecule has 1 saturated heterocycles. The minimum Gasteiger partial charge on any atom is -0.325 e. The highest BCUT2D eigenvalue weighted by molar-refractivity contribution is 5.84. The van der Waals surface area contributed by atoms with E-state index in [1.807, 2.05) is 13.8 Å². The van der Waals surface area contributed by atoms with Gasteiger partial charge in [0.25, 0.3) is 0 Å². The molecule has 1 aromatic rings. The molecule has 3 atom stereocenters. The quantitative estimate of drug-likeness (QED) is 0.930. The number of amides is 1. The number of carbonyl (C=O) groups excluding carboxylic acids is 1. The third-order valence-electron chi connectivity index (χ3n) is 4.08. The van der Waals surface area contributed by atoms with Gasteiger partial charge in [-0.1, -0.05) is 32.4 Å². The van der Waals surface area contributed by atoms with Crippen LogP contribution in [0.5, 0.6) is 0 Å². The molecule has 1 amide bonds. The van der Waals surface area contributed by atoms with E-state index in [1.54, 1.807) is 13.1 Å². The predicted molar refractivity (Wildman–Crippen MR) is 73.3 cm³/mol. The minimum absolute atomic E-state index is 0.0771. The fourth-order valence-electron chi connectivity index (χ4n) is 2.55. The Morgan fingerprint density at radius 2 is 2.05 bits per heavy atom. The number of likely N-dealkylation sites (N-methyl/N-ethyl adjacent to an activating group) is 1. The summed E-state index contributed by atoms with van der Waals surface area (Å²) in [6.45, 7) is 3.94. The summed E-state index contributed by atoms with van der Waals surface area (Å²) in [6, 6.07) is 4.76. The topological polar surface area (TPSA) is 32.3 Å². The van der Waals surface area contributed by atoms with Gasteiger partial charge in [-0.2, -0.15) is 13.2 Å². The van der Waals surface area contributed by atoms with Crippen molar-refractivity contribution < 1.29 is 18.0 Å². The van der Waals surface area contributed by atoms with Crippen molar-refractivity contribution in [2.75, 3.05) is 7.05 Å². The van der Waals surface area contributed by atoms with Crippen molar-refractivity contribution in [2.24, 2.45) is 5.92 Å². The number of benzene rings is 1. The third-order valence-corrected chi connectivity index (χ3v) is 4.08. The second-order valence-electron chi connectivity index (χ2n) is 5.50. The molecule has 1 heterocycles. The molecule has 0 saturated carbocycles. The lowest BCUT2D eigenvalue weighted by atomic mass is 9.99. The number of nitrogens with zero attached hydrogens (tertiary/aromatic N) is 1. The summed E-state index contributed by atoms with van der Waals surface area (Å²) in [4.78, 5) is 13.7. The lowest BCUT2D eigenvalue weighted by Gasteiger charge is -2.20. The summed E-state index contributed by atoms with van der Waals surface area (Å²) in [5, 5.41) is 3.15. The first-order chi connectivity index (χ1) is 9.75. The predicted octanol–water partition coefficient (Wildman–Crippen LogP) is 3.18. The van der Waals surface area contributed by atoms with Crippen LogP contribution < -0.4 is 5.32 Å².